The van der Waals surface area contributed by atoms with Crippen molar-refractivity contribution >= 4 is 6.08 Å². The first-order valence-corrected chi connectivity index (χ1v) is 3.88. The third-order valence-corrected chi connectivity index (χ3v) is 1.66. The van der Waals surface area contributed by atoms with Gasteiger partial charge in [0.2, 0.25) is 0 Å². The molecule has 0 fully saturated rings. The van der Waals surface area contributed by atoms with Crippen LogP contribution in [0.4, 0.5) is 17.6 Å². The standard InChI is InChI=1S/C10H5F4N/c11-8-4-3-7(2-1-5-15)9(6-8)10(12,13)14/h1-4,6H/b2-1-. The summed E-state index contributed by atoms with van der Waals surface area (Å²) in [6.45, 7) is 0. The van der Waals surface area contributed by atoms with E-state index in [1.165, 1.54) is 0 Å². The molecule has 0 radical (unpaired) electrons. The van der Waals surface area contributed by atoms with Gasteiger partial charge in [0, 0.05) is 6.08 Å². The van der Waals surface area contributed by atoms with Crippen molar-refractivity contribution in [1.29, 1.82) is 5.26 Å². The van der Waals surface area contributed by atoms with Crippen LogP contribution in [-0.4, -0.2) is 0 Å². The molecule has 1 aromatic carbocycles. The molecule has 0 saturated carbocycles. The highest BCUT2D eigenvalue weighted by Gasteiger charge is 2.33. The Bertz CT molecular complexity index is 426. The van der Waals surface area contributed by atoms with Crippen molar-refractivity contribution in [3.8, 4) is 6.07 Å². The first-order chi connectivity index (χ1) is 6.95. The zero-order chi connectivity index (χ0) is 11.5. The molecule has 0 aliphatic carbocycles. The molecule has 0 aromatic heterocycles. The molecular weight excluding hydrogens is 210 g/mol. The first kappa shape index (κ1) is 11.2. The molecule has 0 heterocycles. The number of halogens is 4. The van der Waals surface area contributed by atoms with Crippen molar-refractivity contribution in [3.63, 3.8) is 0 Å². The smallest absolute Gasteiger partial charge is 0.207 e. The van der Waals surface area contributed by atoms with Crippen molar-refractivity contribution in [1.82, 2.24) is 0 Å². The highest BCUT2D eigenvalue weighted by Crippen LogP contribution is 2.33. The van der Waals surface area contributed by atoms with Gasteiger partial charge < -0.3 is 0 Å². The fraction of sp³-hybridized carbons (Fsp3) is 0.100. The summed E-state index contributed by atoms with van der Waals surface area (Å²) in [5.41, 5.74) is -1.32. The van der Waals surface area contributed by atoms with E-state index < -0.39 is 17.6 Å². The number of nitriles is 1. The lowest BCUT2D eigenvalue weighted by Crippen LogP contribution is -2.07. The van der Waals surface area contributed by atoms with Crippen LogP contribution < -0.4 is 0 Å². The number of nitrogens with zero attached hydrogens (tertiary/aromatic N) is 1. The number of hydrogen-bond donors (Lipinski definition) is 0. The van der Waals surface area contributed by atoms with Crippen molar-refractivity contribution in [2.75, 3.05) is 0 Å². The molecule has 1 rings (SSSR count). The van der Waals surface area contributed by atoms with Gasteiger partial charge >= 0.3 is 6.18 Å². The SMILES string of the molecule is N#C/C=C\c1ccc(F)cc1C(F)(F)F. The van der Waals surface area contributed by atoms with Crippen LogP contribution in [0.15, 0.2) is 24.3 Å². The van der Waals surface area contributed by atoms with E-state index in [9.17, 15) is 17.6 Å². The van der Waals surface area contributed by atoms with Crippen LogP contribution in [0.1, 0.15) is 11.1 Å². The van der Waals surface area contributed by atoms with E-state index in [0.29, 0.717) is 6.07 Å². The highest BCUT2D eigenvalue weighted by atomic mass is 19.4. The molecule has 0 saturated heterocycles. The predicted octanol–water partition coefficient (Wildman–Crippen LogP) is 3.38. The third-order valence-electron chi connectivity index (χ3n) is 1.66. The zero-order valence-corrected chi connectivity index (χ0v) is 7.35. The van der Waals surface area contributed by atoms with Gasteiger partial charge in [-0.1, -0.05) is 6.07 Å². The maximum Gasteiger partial charge on any atom is 0.417 e. The van der Waals surface area contributed by atoms with E-state index >= 15 is 0 Å². The lowest BCUT2D eigenvalue weighted by atomic mass is 10.1. The van der Waals surface area contributed by atoms with Gasteiger partial charge in [-0.25, -0.2) is 4.39 Å². The maximum atomic E-state index is 12.6. The second kappa shape index (κ2) is 4.13. The summed E-state index contributed by atoms with van der Waals surface area (Å²) >= 11 is 0. The molecule has 0 bridgehead atoms. The van der Waals surface area contributed by atoms with E-state index in [1.807, 2.05) is 0 Å². The number of rotatable bonds is 1. The van der Waals surface area contributed by atoms with Crippen molar-refractivity contribution < 1.29 is 17.6 Å². The molecule has 78 valence electrons. The minimum Gasteiger partial charge on any atom is -0.207 e. The fourth-order valence-electron chi connectivity index (χ4n) is 1.05. The molecular formula is C10H5F4N. The second-order valence-electron chi connectivity index (χ2n) is 2.69. The predicted molar refractivity (Wildman–Crippen MR) is 46.0 cm³/mol. The van der Waals surface area contributed by atoms with Gasteiger partial charge in [-0.3, -0.25) is 0 Å². The molecule has 0 aliphatic heterocycles. The van der Waals surface area contributed by atoms with Crippen molar-refractivity contribution in [3.05, 3.63) is 41.2 Å². The Labute approximate surface area is 83.3 Å². The summed E-state index contributed by atoms with van der Waals surface area (Å²) in [6.07, 6.45) is -2.73. The third kappa shape index (κ3) is 2.81. The largest absolute Gasteiger partial charge is 0.417 e. The van der Waals surface area contributed by atoms with Crippen molar-refractivity contribution in [2.45, 2.75) is 6.18 Å². The molecule has 0 amide bonds. The summed E-state index contributed by atoms with van der Waals surface area (Å²) in [5, 5.41) is 8.18. The number of hydrogen-bond acceptors (Lipinski definition) is 1. The number of alkyl halides is 3. The summed E-state index contributed by atoms with van der Waals surface area (Å²) in [5.74, 6) is -0.962. The quantitative estimate of drug-likeness (QED) is 0.520. The molecule has 0 aliphatic rings. The van der Waals surface area contributed by atoms with Crippen LogP contribution >= 0.6 is 0 Å². The van der Waals surface area contributed by atoms with E-state index in [1.54, 1.807) is 6.07 Å². The Kier molecular flexibility index (Phi) is 3.10. The Hall–Kier alpha value is -1.83. The minimum absolute atomic E-state index is 0.231. The van der Waals surface area contributed by atoms with Gasteiger partial charge in [0.05, 0.1) is 11.6 Å². The molecule has 1 nitrogen and oxygen atoms in total. The van der Waals surface area contributed by atoms with Crippen LogP contribution in [-0.2, 0) is 6.18 Å². The Morgan fingerprint density at radius 3 is 2.47 bits per heavy atom. The molecule has 0 unspecified atom stereocenters. The lowest BCUT2D eigenvalue weighted by molar-refractivity contribution is -0.137. The Morgan fingerprint density at radius 1 is 1.27 bits per heavy atom. The summed E-state index contributed by atoms with van der Waals surface area (Å²) in [4.78, 5) is 0. The Morgan fingerprint density at radius 2 is 1.93 bits per heavy atom. The summed E-state index contributed by atoms with van der Waals surface area (Å²) < 4.78 is 49.7. The molecule has 0 atom stereocenters. The van der Waals surface area contributed by atoms with Gasteiger partial charge in [-0.15, -0.1) is 0 Å². The normalized spacial score (nSPS) is 11.7. The first-order valence-electron chi connectivity index (χ1n) is 3.88. The van der Waals surface area contributed by atoms with E-state index in [2.05, 4.69) is 0 Å². The topological polar surface area (TPSA) is 23.8 Å². The molecule has 5 heteroatoms. The average molecular weight is 215 g/mol. The monoisotopic (exact) mass is 215 g/mol. The molecule has 1 aromatic rings. The highest BCUT2D eigenvalue weighted by molar-refractivity contribution is 5.56. The van der Waals surface area contributed by atoms with E-state index in [4.69, 9.17) is 5.26 Å². The maximum absolute atomic E-state index is 12.6. The minimum atomic E-state index is -4.63. The lowest BCUT2D eigenvalue weighted by Gasteiger charge is -2.09. The zero-order valence-electron chi connectivity index (χ0n) is 7.35. The second-order valence-corrected chi connectivity index (χ2v) is 2.69. The molecule has 15 heavy (non-hydrogen) atoms. The van der Waals surface area contributed by atoms with Gasteiger partial charge in [-0.2, -0.15) is 18.4 Å². The molecule has 0 N–H and O–H groups in total. The van der Waals surface area contributed by atoms with Crippen LogP contribution in [0.25, 0.3) is 6.08 Å². The van der Waals surface area contributed by atoms with Gasteiger partial charge in [-0.05, 0) is 23.8 Å². The van der Waals surface area contributed by atoms with Crippen LogP contribution in [0.2, 0.25) is 0 Å². The van der Waals surface area contributed by atoms with Crippen molar-refractivity contribution in [2.24, 2.45) is 0 Å². The van der Waals surface area contributed by atoms with Crippen LogP contribution in [0.5, 0.6) is 0 Å². The summed E-state index contributed by atoms with van der Waals surface area (Å²) in [7, 11) is 0. The van der Waals surface area contributed by atoms with Crippen LogP contribution in [0, 0.1) is 17.1 Å². The van der Waals surface area contributed by atoms with Gasteiger partial charge in [0.15, 0.2) is 0 Å². The summed E-state index contributed by atoms with van der Waals surface area (Å²) in [6, 6.07) is 3.85. The molecule has 0 spiro atoms. The van der Waals surface area contributed by atoms with Gasteiger partial charge in [0.1, 0.15) is 5.82 Å². The van der Waals surface area contributed by atoms with Gasteiger partial charge in [0.25, 0.3) is 0 Å². The number of allylic oxidation sites excluding steroid dienone is 1. The van der Waals surface area contributed by atoms with E-state index in [0.717, 1.165) is 24.3 Å². The average Bonchev–Trinajstić information content (AvgIpc) is 2.14. The van der Waals surface area contributed by atoms with Crippen LogP contribution in [0.3, 0.4) is 0 Å². The fourth-order valence-corrected chi connectivity index (χ4v) is 1.05. The Balaban J connectivity index is 3.28. The van der Waals surface area contributed by atoms with E-state index in [-0.39, 0.29) is 5.56 Å². The number of benzene rings is 1.